The summed E-state index contributed by atoms with van der Waals surface area (Å²) in [5, 5.41) is 12.0. The second-order valence-corrected chi connectivity index (χ2v) is 10.5. The first-order valence-electron chi connectivity index (χ1n) is 13.1. The maximum Gasteiger partial charge on any atom is 0.263 e. The molecular formula is C27H23ClF3N7O4. The monoisotopic (exact) mass is 601 g/mol. The summed E-state index contributed by atoms with van der Waals surface area (Å²) in [6, 6.07) is 2.30. The molecule has 0 spiro atoms. The smallest absolute Gasteiger partial charge is 0.263 e. The number of nitrogens with zero attached hydrogens (tertiary/aromatic N) is 5. The number of halogens is 4. The molecule has 5 heterocycles. The molecule has 0 atom stereocenters. The molecule has 6 rings (SSSR count). The molecule has 0 radical (unpaired) electrons. The predicted molar refractivity (Wildman–Crippen MR) is 147 cm³/mol. The van der Waals surface area contributed by atoms with Crippen LogP contribution in [0.1, 0.15) is 35.4 Å². The fraction of sp³-hybridized carbons (Fsp3) is 0.296. The van der Waals surface area contributed by atoms with Gasteiger partial charge in [-0.05, 0) is 25.3 Å². The zero-order chi connectivity index (χ0) is 29.9. The Labute approximate surface area is 240 Å². The number of hydrogen-bond donors (Lipinski definition) is 3. The van der Waals surface area contributed by atoms with Crippen LogP contribution in [-0.2, 0) is 24.3 Å². The van der Waals surface area contributed by atoms with Gasteiger partial charge in [0, 0.05) is 49.4 Å². The van der Waals surface area contributed by atoms with Gasteiger partial charge in [0.1, 0.15) is 28.9 Å². The van der Waals surface area contributed by atoms with E-state index in [-0.39, 0.29) is 27.3 Å². The van der Waals surface area contributed by atoms with Gasteiger partial charge < -0.3 is 25.6 Å². The van der Waals surface area contributed by atoms with Gasteiger partial charge >= 0.3 is 0 Å². The number of aryl methyl sites for hydroxylation is 1. The fourth-order valence-corrected chi connectivity index (χ4v) is 5.63. The number of primary amides is 1. The Balaban J connectivity index is 1.44. The molecule has 42 heavy (non-hydrogen) atoms. The second-order valence-electron chi connectivity index (χ2n) is 10.1. The Morgan fingerprint density at radius 1 is 1.05 bits per heavy atom. The maximum absolute atomic E-state index is 15.2. The molecule has 11 nitrogen and oxygen atoms in total. The lowest BCUT2D eigenvalue weighted by atomic mass is 10.0. The third-order valence-electron chi connectivity index (χ3n) is 7.50. The highest BCUT2D eigenvalue weighted by molar-refractivity contribution is 6.33. The minimum atomic E-state index is -1.72. The normalized spacial score (nSPS) is 14.5. The van der Waals surface area contributed by atoms with E-state index in [0.717, 1.165) is 18.9 Å². The van der Waals surface area contributed by atoms with Crippen LogP contribution < -0.4 is 21.5 Å². The first kappa shape index (κ1) is 27.6. The molecule has 2 amide bonds. The molecule has 3 aromatic heterocycles. The van der Waals surface area contributed by atoms with E-state index >= 15 is 4.39 Å². The second kappa shape index (κ2) is 10.4. The summed E-state index contributed by atoms with van der Waals surface area (Å²) in [6.07, 6.45) is 4.17. The van der Waals surface area contributed by atoms with Crippen molar-refractivity contribution in [2.75, 3.05) is 23.3 Å². The number of aromatic nitrogens is 4. The minimum Gasteiger partial charge on any atom is -0.504 e. The maximum atomic E-state index is 15.2. The predicted octanol–water partition coefficient (Wildman–Crippen LogP) is 3.32. The van der Waals surface area contributed by atoms with Crippen LogP contribution in [0.15, 0.2) is 23.1 Å². The van der Waals surface area contributed by atoms with E-state index in [0.29, 0.717) is 44.1 Å². The molecule has 218 valence electrons. The van der Waals surface area contributed by atoms with E-state index in [2.05, 4.69) is 15.3 Å². The van der Waals surface area contributed by atoms with Gasteiger partial charge in [-0.2, -0.15) is 8.78 Å². The minimum absolute atomic E-state index is 0.0107. The van der Waals surface area contributed by atoms with Gasteiger partial charge in [0.15, 0.2) is 11.6 Å². The summed E-state index contributed by atoms with van der Waals surface area (Å²) < 4.78 is 47.0. The summed E-state index contributed by atoms with van der Waals surface area (Å²) in [4.78, 5) is 48.8. The zero-order valence-electron chi connectivity index (χ0n) is 21.9. The van der Waals surface area contributed by atoms with Crippen LogP contribution in [0.5, 0.6) is 5.75 Å². The van der Waals surface area contributed by atoms with Crippen molar-refractivity contribution in [1.82, 2.24) is 19.1 Å². The van der Waals surface area contributed by atoms with Gasteiger partial charge in [0.25, 0.3) is 11.5 Å². The first-order chi connectivity index (χ1) is 20.0. The molecule has 15 heteroatoms. The number of anilines is 2. The summed E-state index contributed by atoms with van der Waals surface area (Å²) in [6.45, 7) is 1.23. The van der Waals surface area contributed by atoms with Crippen molar-refractivity contribution < 1.29 is 27.9 Å². The van der Waals surface area contributed by atoms with Crippen molar-refractivity contribution in [3.05, 3.63) is 62.7 Å². The number of hydrogen-bond acceptors (Lipinski definition) is 7. The summed E-state index contributed by atoms with van der Waals surface area (Å²) in [5.41, 5.74) is 3.30. The molecule has 0 saturated carbocycles. The fourth-order valence-electron chi connectivity index (χ4n) is 5.48. The highest BCUT2D eigenvalue weighted by Gasteiger charge is 2.28. The molecule has 4 N–H and O–H groups in total. The van der Waals surface area contributed by atoms with Gasteiger partial charge in [0.05, 0.1) is 16.6 Å². The van der Waals surface area contributed by atoms with Crippen molar-refractivity contribution >= 4 is 46.0 Å². The quantitative estimate of drug-likeness (QED) is 0.287. The number of carbonyl (C=O) groups is 2. The largest absolute Gasteiger partial charge is 0.504 e. The Morgan fingerprint density at radius 3 is 2.50 bits per heavy atom. The lowest BCUT2D eigenvalue weighted by Crippen LogP contribution is -2.23. The molecule has 1 aromatic carbocycles. The van der Waals surface area contributed by atoms with Gasteiger partial charge in [-0.1, -0.05) is 11.6 Å². The highest BCUT2D eigenvalue weighted by atomic mass is 35.5. The number of aromatic hydroxyl groups is 1. The first-order valence-corrected chi connectivity index (χ1v) is 13.5. The number of carbonyl (C=O) groups excluding carboxylic acids is 2. The van der Waals surface area contributed by atoms with Crippen LogP contribution in [0.4, 0.5) is 24.7 Å². The van der Waals surface area contributed by atoms with E-state index < -0.39 is 58.4 Å². The Kier molecular flexibility index (Phi) is 6.80. The molecule has 0 unspecified atom stereocenters. The summed E-state index contributed by atoms with van der Waals surface area (Å²) in [5.74, 6) is -6.61. The van der Waals surface area contributed by atoms with Gasteiger partial charge in [-0.3, -0.25) is 19.0 Å². The number of rotatable bonds is 6. The lowest BCUT2D eigenvalue weighted by molar-refractivity contribution is -0.116. The number of benzene rings is 1. The molecule has 1 saturated heterocycles. The van der Waals surface area contributed by atoms with E-state index in [9.17, 15) is 28.3 Å². The Bertz CT molecular complexity index is 1870. The molecule has 2 aliphatic heterocycles. The standard InChI is InChI=1S/C27H23ClF3N7O4/c28-20-15(9-17(34-24(20)31)36-5-1-2-6-36)33-18(39)11-37-10-14(12-8-13(25(32)41)23(40)22(30)21(12)29)19-26(37)35-16-4-3-7-38(16)27(19)42/h8-10,40H,1-7,11H2,(H2,32,41)(H,33,34,39). The van der Waals surface area contributed by atoms with E-state index in [1.807, 2.05) is 4.90 Å². The molecule has 4 aromatic rings. The number of nitrogens with one attached hydrogen (secondary N) is 1. The SMILES string of the molecule is NC(=O)c1cc(-c2cn(CC(=O)Nc3cc(N4CCCC4)nc(F)c3Cl)c3nc4n(c(=O)c23)CCC4)c(F)c(F)c1O. The van der Waals surface area contributed by atoms with E-state index in [1.165, 1.54) is 21.4 Å². The van der Waals surface area contributed by atoms with Crippen molar-refractivity contribution in [2.24, 2.45) is 5.73 Å². The lowest BCUT2D eigenvalue weighted by Gasteiger charge is -2.18. The number of pyridine rings is 1. The van der Waals surface area contributed by atoms with Crippen molar-refractivity contribution in [3.8, 4) is 16.9 Å². The van der Waals surface area contributed by atoms with Crippen molar-refractivity contribution in [3.63, 3.8) is 0 Å². The Hall–Kier alpha value is -4.59. The number of phenols is 1. The van der Waals surface area contributed by atoms with Gasteiger partial charge in [-0.25, -0.2) is 14.4 Å². The molecule has 2 aliphatic rings. The molecule has 1 fully saturated rings. The van der Waals surface area contributed by atoms with Crippen LogP contribution in [0.2, 0.25) is 5.02 Å². The van der Waals surface area contributed by atoms with Gasteiger partial charge in [0.2, 0.25) is 17.7 Å². The molecule has 0 bridgehead atoms. The van der Waals surface area contributed by atoms with Crippen molar-refractivity contribution in [1.29, 1.82) is 0 Å². The van der Waals surface area contributed by atoms with Crippen LogP contribution in [0.3, 0.4) is 0 Å². The average molecular weight is 602 g/mol. The topological polar surface area (TPSA) is 148 Å². The molecule has 0 aliphatic carbocycles. The Morgan fingerprint density at radius 2 is 1.79 bits per heavy atom. The third-order valence-corrected chi connectivity index (χ3v) is 7.86. The van der Waals surface area contributed by atoms with Crippen LogP contribution in [-0.4, -0.2) is 49.1 Å². The van der Waals surface area contributed by atoms with E-state index in [4.69, 9.17) is 17.3 Å². The highest BCUT2D eigenvalue weighted by Crippen LogP contribution is 2.36. The average Bonchev–Trinajstić information content (AvgIpc) is 3.71. The van der Waals surface area contributed by atoms with E-state index in [1.54, 1.807) is 0 Å². The van der Waals surface area contributed by atoms with Crippen molar-refractivity contribution in [2.45, 2.75) is 38.8 Å². The number of nitrogens with two attached hydrogens (primary N) is 1. The summed E-state index contributed by atoms with van der Waals surface area (Å²) in [7, 11) is 0. The van der Waals surface area contributed by atoms with Gasteiger partial charge in [-0.15, -0.1) is 0 Å². The molecular weight excluding hydrogens is 579 g/mol. The van der Waals surface area contributed by atoms with Crippen LogP contribution >= 0.6 is 11.6 Å². The van der Waals surface area contributed by atoms with Crippen LogP contribution in [0, 0.1) is 17.6 Å². The summed E-state index contributed by atoms with van der Waals surface area (Å²) >= 11 is 6.10. The third kappa shape index (κ3) is 4.51. The van der Waals surface area contributed by atoms with Crippen LogP contribution in [0.25, 0.3) is 22.2 Å². The number of amides is 2. The zero-order valence-corrected chi connectivity index (χ0v) is 22.6. The number of fused-ring (bicyclic) bond motifs is 2.